The number of aromatic nitrogens is 2. The zero-order valence-corrected chi connectivity index (χ0v) is 17.5. The smallest absolute Gasteiger partial charge is 0.289 e. The van der Waals surface area contributed by atoms with Gasteiger partial charge in [0.25, 0.3) is 5.91 Å². The second-order valence-electron chi connectivity index (χ2n) is 7.22. The van der Waals surface area contributed by atoms with Crippen LogP contribution in [0.15, 0.2) is 56.5 Å². The van der Waals surface area contributed by atoms with Crippen molar-refractivity contribution in [1.29, 1.82) is 0 Å². The summed E-state index contributed by atoms with van der Waals surface area (Å²) in [5.41, 5.74) is 0.891. The van der Waals surface area contributed by atoms with Gasteiger partial charge in [-0.1, -0.05) is 35.5 Å². The molecule has 4 rings (SSSR count). The lowest BCUT2D eigenvalue weighted by Gasteiger charge is -2.36. The van der Waals surface area contributed by atoms with Gasteiger partial charge in [-0.25, -0.2) is 8.42 Å². The molecule has 0 saturated carbocycles. The van der Waals surface area contributed by atoms with Gasteiger partial charge in [0.1, 0.15) is 0 Å². The number of benzene rings is 1. The number of rotatable bonds is 5. The number of nitrogens with zero attached hydrogens (tertiary/aromatic N) is 4. The number of hydrogen-bond donors (Lipinski definition) is 0. The molecule has 0 bridgehead atoms. The van der Waals surface area contributed by atoms with E-state index in [4.69, 9.17) is 8.94 Å². The fourth-order valence-electron chi connectivity index (χ4n) is 3.37. The molecule has 1 fully saturated rings. The molecule has 2 aromatic heterocycles. The number of carbonyl (C=O) groups excluding carboxylic acids is 1. The van der Waals surface area contributed by atoms with Crippen LogP contribution in [0, 0.1) is 0 Å². The fraction of sp³-hybridized carbons (Fsp3) is 0.350. The Labute approximate surface area is 174 Å². The maximum atomic E-state index is 12.6. The van der Waals surface area contributed by atoms with Crippen LogP contribution in [0.25, 0.3) is 11.4 Å². The first kappa shape index (κ1) is 20.3. The van der Waals surface area contributed by atoms with E-state index in [-0.39, 0.29) is 22.8 Å². The van der Waals surface area contributed by atoms with Crippen LogP contribution in [0.4, 0.5) is 0 Å². The summed E-state index contributed by atoms with van der Waals surface area (Å²) in [6.45, 7) is 4.20. The average Bonchev–Trinajstić information content (AvgIpc) is 3.43. The number of carbonyl (C=O) groups is 1. The SMILES string of the molecule is CC(c1nc(-c2ccccc2)no1)N1CCN(C(=O)c2ccc(S(C)(=O)=O)o2)CC1. The predicted octanol–water partition coefficient (Wildman–Crippen LogP) is 2.25. The molecule has 0 N–H and O–H groups in total. The molecule has 1 atom stereocenters. The van der Waals surface area contributed by atoms with Gasteiger partial charge in [0.15, 0.2) is 5.76 Å². The Balaban J connectivity index is 1.38. The Bertz CT molecular complexity index is 1130. The highest BCUT2D eigenvalue weighted by Crippen LogP contribution is 2.24. The van der Waals surface area contributed by atoms with Gasteiger partial charge in [-0.3, -0.25) is 9.69 Å². The van der Waals surface area contributed by atoms with Crippen LogP contribution < -0.4 is 0 Å². The quantitative estimate of drug-likeness (QED) is 0.606. The van der Waals surface area contributed by atoms with E-state index in [2.05, 4.69) is 15.0 Å². The summed E-state index contributed by atoms with van der Waals surface area (Å²) in [6.07, 6.45) is 1.04. The lowest BCUT2D eigenvalue weighted by atomic mass is 10.2. The number of piperazine rings is 1. The number of furan rings is 1. The highest BCUT2D eigenvalue weighted by atomic mass is 32.2. The van der Waals surface area contributed by atoms with Crippen LogP contribution in [-0.4, -0.2) is 66.7 Å². The van der Waals surface area contributed by atoms with E-state index >= 15 is 0 Å². The van der Waals surface area contributed by atoms with Crippen molar-refractivity contribution in [2.75, 3.05) is 32.4 Å². The molecule has 0 radical (unpaired) electrons. The Morgan fingerprint density at radius 3 is 2.40 bits per heavy atom. The van der Waals surface area contributed by atoms with Crippen molar-refractivity contribution in [1.82, 2.24) is 19.9 Å². The first-order valence-electron chi connectivity index (χ1n) is 9.55. The third kappa shape index (κ3) is 4.14. The van der Waals surface area contributed by atoms with E-state index in [0.29, 0.717) is 37.9 Å². The molecule has 1 aliphatic heterocycles. The molecular formula is C20H22N4O5S. The normalized spacial score (nSPS) is 16.5. The Hall–Kier alpha value is -2.98. The summed E-state index contributed by atoms with van der Waals surface area (Å²) >= 11 is 0. The van der Waals surface area contributed by atoms with Crippen molar-refractivity contribution in [3.8, 4) is 11.4 Å². The van der Waals surface area contributed by atoms with Gasteiger partial charge in [-0.15, -0.1) is 0 Å². The van der Waals surface area contributed by atoms with E-state index in [1.54, 1.807) is 4.90 Å². The van der Waals surface area contributed by atoms with Crippen molar-refractivity contribution in [3.05, 3.63) is 54.1 Å². The van der Waals surface area contributed by atoms with E-state index in [1.807, 2.05) is 37.3 Å². The van der Waals surface area contributed by atoms with Crippen molar-refractivity contribution < 1.29 is 22.2 Å². The standard InChI is InChI=1S/C20H22N4O5S/c1-14(19-21-18(22-29-19)15-6-4-3-5-7-15)23-10-12-24(13-11-23)20(25)16-8-9-17(28-16)30(2,26)27/h3-9,14H,10-13H2,1-2H3. The van der Waals surface area contributed by atoms with E-state index in [0.717, 1.165) is 11.8 Å². The molecule has 0 spiro atoms. The Kier molecular flexibility index (Phi) is 5.44. The molecule has 1 aliphatic rings. The van der Waals surface area contributed by atoms with Gasteiger partial charge in [-0.05, 0) is 19.1 Å². The van der Waals surface area contributed by atoms with Gasteiger partial charge in [0.2, 0.25) is 26.6 Å². The van der Waals surface area contributed by atoms with Crippen molar-refractivity contribution >= 4 is 15.7 Å². The molecular weight excluding hydrogens is 408 g/mol. The monoisotopic (exact) mass is 430 g/mol. The van der Waals surface area contributed by atoms with Gasteiger partial charge >= 0.3 is 0 Å². The van der Waals surface area contributed by atoms with Gasteiger partial charge in [-0.2, -0.15) is 4.98 Å². The minimum atomic E-state index is -3.48. The largest absolute Gasteiger partial charge is 0.440 e. The van der Waals surface area contributed by atoms with Crippen molar-refractivity contribution in [2.45, 2.75) is 18.1 Å². The molecule has 1 amide bonds. The first-order valence-corrected chi connectivity index (χ1v) is 11.4. The lowest BCUT2D eigenvalue weighted by Crippen LogP contribution is -2.49. The number of amides is 1. The molecule has 1 unspecified atom stereocenters. The minimum Gasteiger partial charge on any atom is -0.440 e. The molecule has 1 saturated heterocycles. The molecule has 0 aliphatic carbocycles. The highest BCUT2D eigenvalue weighted by Gasteiger charge is 2.29. The van der Waals surface area contributed by atoms with Gasteiger partial charge < -0.3 is 13.8 Å². The highest BCUT2D eigenvalue weighted by molar-refractivity contribution is 7.90. The van der Waals surface area contributed by atoms with Crippen molar-refractivity contribution in [3.63, 3.8) is 0 Å². The number of hydrogen-bond acceptors (Lipinski definition) is 8. The molecule has 3 aromatic rings. The summed E-state index contributed by atoms with van der Waals surface area (Å²) in [6, 6.07) is 12.2. The van der Waals surface area contributed by atoms with E-state index < -0.39 is 9.84 Å². The summed E-state index contributed by atoms with van der Waals surface area (Å²) < 4.78 is 33.8. The maximum Gasteiger partial charge on any atom is 0.289 e. The number of sulfone groups is 1. The summed E-state index contributed by atoms with van der Waals surface area (Å²) in [5, 5.41) is 3.86. The molecule has 1 aromatic carbocycles. The lowest BCUT2D eigenvalue weighted by molar-refractivity contribution is 0.0519. The fourth-order valence-corrected chi connectivity index (χ4v) is 3.92. The molecule has 10 heteroatoms. The van der Waals surface area contributed by atoms with E-state index in [9.17, 15) is 13.2 Å². The van der Waals surface area contributed by atoms with Gasteiger partial charge in [0.05, 0.1) is 6.04 Å². The maximum absolute atomic E-state index is 12.6. The zero-order valence-electron chi connectivity index (χ0n) is 16.7. The van der Waals surface area contributed by atoms with Crippen LogP contribution in [0.1, 0.15) is 29.4 Å². The topological polar surface area (TPSA) is 110 Å². The molecule has 9 nitrogen and oxygen atoms in total. The van der Waals surface area contributed by atoms with Crippen LogP contribution >= 0.6 is 0 Å². The minimum absolute atomic E-state index is 0.0290. The van der Waals surface area contributed by atoms with Crippen LogP contribution in [-0.2, 0) is 9.84 Å². The predicted molar refractivity (Wildman–Crippen MR) is 107 cm³/mol. The van der Waals surface area contributed by atoms with Crippen LogP contribution in [0.5, 0.6) is 0 Å². The summed E-state index contributed by atoms with van der Waals surface area (Å²) in [7, 11) is -3.48. The molecule has 30 heavy (non-hydrogen) atoms. The molecule has 158 valence electrons. The Morgan fingerprint density at radius 2 is 1.77 bits per heavy atom. The average molecular weight is 430 g/mol. The first-order chi connectivity index (χ1) is 14.3. The van der Waals surface area contributed by atoms with Gasteiger partial charge in [0, 0.05) is 38.0 Å². The van der Waals surface area contributed by atoms with Crippen molar-refractivity contribution in [2.24, 2.45) is 0 Å². The Morgan fingerprint density at radius 1 is 1.07 bits per heavy atom. The van der Waals surface area contributed by atoms with Crippen LogP contribution in [0.3, 0.4) is 0 Å². The third-order valence-electron chi connectivity index (χ3n) is 5.14. The second-order valence-corrected chi connectivity index (χ2v) is 9.16. The summed E-state index contributed by atoms with van der Waals surface area (Å²) in [5.74, 6) is 0.783. The molecule has 3 heterocycles. The zero-order chi connectivity index (χ0) is 21.3. The third-order valence-corrected chi connectivity index (χ3v) is 6.09. The summed E-state index contributed by atoms with van der Waals surface area (Å²) in [4.78, 5) is 20.9. The van der Waals surface area contributed by atoms with E-state index in [1.165, 1.54) is 12.1 Å². The van der Waals surface area contributed by atoms with Crippen LogP contribution in [0.2, 0.25) is 0 Å². The second kappa shape index (κ2) is 8.04.